The first-order valence-electron chi connectivity index (χ1n) is 5.79. The van der Waals surface area contributed by atoms with Gasteiger partial charge in [0.1, 0.15) is 5.58 Å². The second-order valence-electron chi connectivity index (χ2n) is 4.56. The van der Waals surface area contributed by atoms with E-state index in [1.54, 1.807) is 6.07 Å². The molecule has 8 heteroatoms. The predicted octanol–water partition coefficient (Wildman–Crippen LogP) is 1.18. The number of fused-ring (bicyclic) bond motifs is 1. The Hall–Kier alpha value is -2.19. The van der Waals surface area contributed by atoms with Crippen LogP contribution in [0.1, 0.15) is 5.56 Å². The smallest absolute Gasteiger partial charge is 0.273 e. The van der Waals surface area contributed by atoms with Crippen molar-refractivity contribution in [3.8, 4) is 11.6 Å². The third-order valence-electron chi connectivity index (χ3n) is 2.98. The van der Waals surface area contributed by atoms with E-state index in [9.17, 15) is 8.42 Å². The highest BCUT2D eigenvalue weighted by Crippen LogP contribution is 2.27. The van der Waals surface area contributed by atoms with Crippen molar-refractivity contribution < 1.29 is 12.8 Å². The standard InChI is InChI=1S/C12H12N4O3S/c1-7-3-4-9-8(5-7)6-10(19-9)11-14-15-12(16(11)2)20(13,17)18/h3-6H,1-2H3,(H2,13,17,18). The maximum absolute atomic E-state index is 11.3. The predicted molar refractivity (Wildman–Crippen MR) is 72.3 cm³/mol. The quantitative estimate of drug-likeness (QED) is 0.763. The van der Waals surface area contributed by atoms with Crippen molar-refractivity contribution in [2.75, 3.05) is 0 Å². The highest BCUT2D eigenvalue weighted by molar-refractivity contribution is 7.89. The Morgan fingerprint density at radius 3 is 2.65 bits per heavy atom. The minimum Gasteiger partial charge on any atom is -0.453 e. The molecule has 2 aromatic heterocycles. The summed E-state index contributed by atoms with van der Waals surface area (Å²) >= 11 is 0. The van der Waals surface area contributed by atoms with Crippen molar-refractivity contribution in [1.29, 1.82) is 0 Å². The van der Waals surface area contributed by atoms with Gasteiger partial charge in [-0.05, 0) is 25.1 Å². The van der Waals surface area contributed by atoms with Gasteiger partial charge in [-0.25, -0.2) is 13.6 Å². The van der Waals surface area contributed by atoms with E-state index in [0.717, 1.165) is 10.9 Å². The summed E-state index contributed by atoms with van der Waals surface area (Å²) in [5.74, 6) is 0.748. The van der Waals surface area contributed by atoms with Crippen molar-refractivity contribution in [2.24, 2.45) is 12.2 Å². The van der Waals surface area contributed by atoms with Gasteiger partial charge in [0.2, 0.25) is 0 Å². The van der Waals surface area contributed by atoms with Gasteiger partial charge in [0.15, 0.2) is 11.6 Å². The Morgan fingerprint density at radius 2 is 2.00 bits per heavy atom. The Labute approximate surface area is 115 Å². The van der Waals surface area contributed by atoms with Gasteiger partial charge in [-0.3, -0.25) is 4.57 Å². The Bertz CT molecular complexity index is 908. The fourth-order valence-corrected chi connectivity index (χ4v) is 2.67. The molecule has 0 aliphatic heterocycles. The summed E-state index contributed by atoms with van der Waals surface area (Å²) in [6, 6.07) is 7.55. The molecule has 0 amide bonds. The van der Waals surface area contributed by atoms with Gasteiger partial charge in [-0.2, -0.15) is 0 Å². The van der Waals surface area contributed by atoms with E-state index < -0.39 is 10.0 Å². The molecule has 0 saturated heterocycles. The van der Waals surface area contributed by atoms with Crippen molar-refractivity contribution in [3.63, 3.8) is 0 Å². The van der Waals surface area contributed by atoms with Crippen LogP contribution in [0.5, 0.6) is 0 Å². The topological polar surface area (TPSA) is 104 Å². The molecule has 0 unspecified atom stereocenters. The van der Waals surface area contributed by atoms with Gasteiger partial charge in [0.05, 0.1) is 0 Å². The maximum atomic E-state index is 11.3. The normalized spacial score (nSPS) is 12.2. The lowest BCUT2D eigenvalue weighted by Gasteiger charge is -1.98. The number of aromatic nitrogens is 3. The molecule has 20 heavy (non-hydrogen) atoms. The molecular weight excluding hydrogens is 280 g/mol. The number of hydrogen-bond acceptors (Lipinski definition) is 5. The highest BCUT2D eigenvalue weighted by atomic mass is 32.2. The van der Waals surface area contributed by atoms with E-state index in [2.05, 4.69) is 10.2 Å². The molecule has 0 bridgehead atoms. The zero-order chi connectivity index (χ0) is 14.5. The first kappa shape index (κ1) is 12.8. The Balaban J connectivity index is 2.19. The molecule has 0 radical (unpaired) electrons. The van der Waals surface area contributed by atoms with Gasteiger partial charge < -0.3 is 4.42 Å². The average molecular weight is 292 g/mol. The van der Waals surface area contributed by atoms with Crippen LogP contribution >= 0.6 is 0 Å². The molecule has 0 atom stereocenters. The second kappa shape index (κ2) is 4.15. The molecule has 0 fully saturated rings. The van der Waals surface area contributed by atoms with Crippen LogP contribution in [-0.4, -0.2) is 23.2 Å². The van der Waals surface area contributed by atoms with Crippen LogP contribution in [0.25, 0.3) is 22.6 Å². The Morgan fingerprint density at radius 1 is 1.25 bits per heavy atom. The molecule has 3 aromatic rings. The molecule has 2 heterocycles. The number of sulfonamides is 1. The molecule has 0 aliphatic carbocycles. The van der Waals surface area contributed by atoms with Gasteiger partial charge in [0, 0.05) is 12.4 Å². The number of aryl methyl sites for hydroxylation is 1. The maximum Gasteiger partial charge on any atom is 0.273 e. The molecule has 0 saturated carbocycles. The first-order valence-corrected chi connectivity index (χ1v) is 7.33. The monoisotopic (exact) mass is 292 g/mol. The van der Waals surface area contributed by atoms with Crippen molar-refractivity contribution >= 4 is 21.0 Å². The summed E-state index contributed by atoms with van der Waals surface area (Å²) in [6.07, 6.45) is 0. The summed E-state index contributed by atoms with van der Waals surface area (Å²) in [6.45, 7) is 1.98. The summed E-state index contributed by atoms with van der Waals surface area (Å²) in [5, 5.41) is 13.1. The van der Waals surface area contributed by atoms with E-state index in [4.69, 9.17) is 9.56 Å². The largest absolute Gasteiger partial charge is 0.453 e. The Kier molecular flexibility index (Phi) is 2.66. The van der Waals surface area contributed by atoms with Gasteiger partial charge >= 0.3 is 0 Å². The molecule has 0 aliphatic rings. The van der Waals surface area contributed by atoms with Crippen LogP contribution in [0.2, 0.25) is 0 Å². The number of benzene rings is 1. The molecule has 2 N–H and O–H groups in total. The van der Waals surface area contributed by atoms with E-state index in [-0.39, 0.29) is 5.16 Å². The number of primary sulfonamides is 1. The lowest BCUT2D eigenvalue weighted by molar-refractivity contribution is 0.578. The molecule has 1 aromatic carbocycles. The van der Waals surface area contributed by atoms with E-state index in [1.165, 1.54) is 11.6 Å². The second-order valence-corrected chi connectivity index (χ2v) is 6.02. The van der Waals surface area contributed by atoms with E-state index >= 15 is 0 Å². The fraction of sp³-hybridized carbons (Fsp3) is 0.167. The zero-order valence-corrected chi connectivity index (χ0v) is 11.7. The van der Waals surface area contributed by atoms with Crippen molar-refractivity contribution in [1.82, 2.24) is 14.8 Å². The average Bonchev–Trinajstić information content (AvgIpc) is 2.90. The van der Waals surface area contributed by atoms with Crippen LogP contribution < -0.4 is 5.14 Å². The van der Waals surface area contributed by atoms with Crippen molar-refractivity contribution in [2.45, 2.75) is 12.1 Å². The minimum absolute atomic E-state index is 0.302. The van der Waals surface area contributed by atoms with Crippen LogP contribution in [-0.2, 0) is 17.1 Å². The molecule has 7 nitrogen and oxygen atoms in total. The van der Waals surface area contributed by atoms with Crippen LogP contribution in [0, 0.1) is 6.92 Å². The zero-order valence-electron chi connectivity index (χ0n) is 10.9. The summed E-state index contributed by atoms with van der Waals surface area (Å²) in [5.41, 5.74) is 1.80. The van der Waals surface area contributed by atoms with Gasteiger partial charge in [0.25, 0.3) is 15.2 Å². The molecule has 3 rings (SSSR count). The number of hydrogen-bond donors (Lipinski definition) is 1. The van der Waals surface area contributed by atoms with E-state index in [0.29, 0.717) is 17.2 Å². The highest BCUT2D eigenvalue weighted by Gasteiger charge is 2.21. The number of nitrogens with two attached hydrogens (primary N) is 1. The summed E-state index contributed by atoms with van der Waals surface area (Å²) in [7, 11) is -2.39. The first-order chi connectivity index (χ1) is 9.36. The van der Waals surface area contributed by atoms with Crippen LogP contribution in [0.15, 0.2) is 33.8 Å². The third kappa shape index (κ3) is 1.98. The summed E-state index contributed by atoms with van der Waals surface area (Å²) < 4.78 is 29.6. The van der Waals surface area contributed by atoms with E-state index in [1.807, 2.05) is 25.1 Å². The van der Waals surface area contributed by atoms with Crippen LogP contribution in [0.4, 0.5) is 0 Å². The lowest BCUT2D eigenvalue weighted by atomic mass is 10.2. The van der Waals surface area contributed by atoms with Crippen LogP contribution in [0.3, 0.4) is 0 Å². The number of furan rings is 1. The number of rotatable bonds is 2. The van der Waals surface area contributed by atoms with Gasteiger partial charge in [-0.15, -0.1) is 10.2 Å². The lowest BCUT2D eigenvalue weighted by Crippen LogP contribution is -2.17. The number of nitrogens with zero attached hydrogens (tertiary/aromatic N) is 3. The summed E-state index contributed by atoms with van der Waals surface area (Å²) in [4.78, 5) is 0. The van der Waals surface area contributed by atoms with Gasteiger partial charge in [-0.1, -0.05) is 11.6 Å². The fourth-order valence-electron chi connectivity index (χ4n) is 2.05. The third-order valence-corrected chi connectivity index (χ3v) is 3.85. The minimum atomic E-state index is -3.91. The molecule has 0 spiro atoms. The molecule has 104 valence electrons. The van der Waals surface area contributed by atoms with Crippen molar-refractivity contribution in [3.05, 3.63) is 29.8 Å². The molecular formula is C12H12N4O3S. The SMILES string of the molecule is Cc1ccc2oc(-c3nnc(S(N)(=O)=O)n3C)cc2c1.